The van der Waals surface area contributed by atoms with E-state index >= 15 is 0 Å². The van der Waals surface area contributed by atoms with E-state index in [0.29, 0.717) is 5.75 Å². The Morgan fingerprint density at radius 1 is 1.25 bits per heavy atom. The number of carbonyl (C=O) groups excluding carboxylic acids is 1. The van der Waals surface area contributed by atoms with Gasteiger partial charge in [0.15, 0.2) is 6.61 Å². The number of rotatable bonds is 5. The number of nitrogens with zero attached hydrogens (tertiary/aromatic N) is 3. The highest BCUT2D eigenvalue weighted by Crippen LogP contribution is 2.30. The van der Waals surface area contributed by atoms with Crippen molar-refractivity contribution in [3.05, 3.63) is 48.1 Å². The molecular weight excluding hydrogens is 324 g/mol. The third-order valence-electron chi connectivity index (χ3n) is 3.88. The van der Waals surface area contributed by atoms with E-state index in [0.717, 1.165) is 29.1 Å². The lowest BCUT2D eigenvalue weighted by molar-refractivity contribution is -0.123. The molecule has 1 fully saturated rings. The molecule has 24 heavy (non-hydrogen) atoms. The molecule has 0 aliphatic carbocycles. The molecule has 1 aromatic carbocycles. The molecule has 1 aliphatic heterocycles. The van der Waals surface area contributed by atoms with E-state index in [1.165, 1.54) is 0 Å². The number of hydrogen-bond acceptors (Lipinski definition) is 6. The fraction of sp³-hybridized carbons (Fsp3) is 0.235. The van der Waals surface area contributed by atoms with Crippen LogP contribution >= 0.6 is 11.3 Å². The molecule has 0 radical (unpaired) electrons. The zero-order valence-corrected chi connectivity index (χ0v) is 13.7. The summed E-state index contributed by atoms with van der Waals surface area (Å²) in [4.78, 5) is 22.7. The first-order valence-electron chi connectivity index (χ1n) is 7.70. The van der Waals surface area contributed by atoms with Crippen molar-refractivity contribution >= 4 is 33.3 Å². The van der Waals surface area contributed by atoms with Crippen molar-refractivity contribution in [1.82, 2.24) is 15.3 Å². The Kier molecular flexibility index (Phi) is 4.00. The Hall–Kier alpha value is -2.67. The van der Waals surface area contributed by atoms with Gasteiger partial charge in [0, 0.05) is 13.1 Å². The van der Waals surface area contributed by atoms with Gasteiger partial charge in [-0.15, -0.1) is 11.3 Å². The molecule has 6 nitrogen and oxygen atoms in total. The van der Waals surface area contributed by atoms with E-state index in [1.54, 1.807) is 17.7 Å². The summed E-state index contributed by atoms with van der Waals surface area (Å²) in [5.74, 6) is 1.54. The Morgan fingerprint density at radius 3 is 2.92 bits per heavy atom. The number of benzene rings is 1. The molecule has 0 spiro atoms. The van der Waals surface area contributed by atoms with E-state index in [-0.39, 0.29) is 18.6 Å². The van der Waals surface area contributed by atoms with Crippen LogP contribution in [0.15, 0.2) is 48.1 Å². The minimum absolute atomic E-state index is 0.0309. The number of thiophene rings is 1. The summed E-state index contributed by atoms with van der Waals surface area (Å²) in [5, 5.41) is 5.00. The largest absolute Gasteiger partial charge is 0.484 e. The molecule has 7 heteroatoms. The quantitative estimate of drug-likeness (QED) is 0.770. The fourth-order valence-corrected chi connectivity index (χ4v) is 3.54. The van der Waals surface area contributed by atoms with Crippen LogP contribution in [0, 0.1) is 0 Å². The predicted molar refractivity (Wildman–Crippen MR) is 93.5 cm³/mol. The molecule has 1 amide bonds. The highest BCUT2D eigenvalue weighted by Gasteiger charge is 2.30. The molecular formula is C17H16N4O2S. The number of hydrogen-bond donors (Lipinski definition) is 1. The molecule has 122 valence electrons. The average Bonchev–Trinajstić information content (AvgIpc) is 3.06. The van der Waals surface area contributed by atoms with E-state index in [4.69, 9.17) is 4.74 Å². The monoisotopic (exact) mass is 340 g/mol. The molecule has 1 aliphatic rings. The molecule has 1 saturated heterocycles. The standard InChI is InChI=1S/C17H16N4O2S/c22-15(10-23-13-4-2-1-3-5-13)20-12-8-21(9-12)17-16-14(6-7-24-16)18-11-19-17/h1-7,11-12H,8-10H2,(H,20,22). The Morgan fingerprint density at radius 2 is 2.08 bits per heavy atom. The summed E-state index contributed by atoms with van der Waals surface area (Å²) in [5.41, 5.74) is 0.966. The maximum atomic E-state index is 12.0. The smallest absolute Gasteiger partial charge is 0.258 e. The third-order valence-corrected chi connectivity index (χ3v) is 4.78. The summed E-state index contributed by atoms with van der Waals surface area (Å²) < 4.78 is 6.54. The SMILES string of the molecule is O=C(COc1ccccc1)NC1CN(c2ncnc3ccsc23)C1. The van der Waals surface area contributed by atoms with E-state index < -0.39 is 0 Å². The summed E-state index contributed by atoms with van der Waals surface area (Å²) >= 11 is 1.64. The van der Waals surface area contributed by atoms with Crippen LogP contribution in [0.2, 0.25) is 0 Å². The third kappa shape index (κ3) is 3.03. The highest BCUT2D eigenvalue weighted by molar-refractivity contribution is 7.17. The second-order valence-electron chi connectivity index (χ2n) is 5.60. The molecule has 0 bridgehead atoms. The van der Waals surface area contributed by atoms with Gasteiger partial charge in [0.05, 0.1) is 16.3 Å². The molecule has 3 heterocycles. The van der Waals surface area contributed by atoms with Crippen molar-refractivity contribution in [2.45, 2.75) is 6.04 Å². The van der Waals surface area contributed by atoms with Gasteiger partial charge in [-0.05, 0) is 23.6 Å². The second-order valence-corrected chi connectivity index (χ2v) is 6.52. The molecule has 0 saturated carbocycles. The number of ether oxygens (including phenoxy) is 1. The maximum absolute atomic E-state index is 12.0. The lowest BCUT2D eigenvalue weighted by atomic mass is 10.1. The first-order valence-corrected chi connectivity index (χ1v) is 8.58. The Bertz CT molecular complexity index is 846. The number of para-hydroxylation sites is 1. The summed E-state index contributed by atoms with van der Waals surface area (Å²) in [6, 6.07) is 11.5. The van der Waals surface area contributed by atoms with Crippen molar-refractivity contribution in [2.75, 3.05) is 24.6 Å². The number of aromatic nitrogens is 2. The number of anilines is 1. The zero-order valence-electron chi connectivity index (χ0n) is 12.9. The first-order chi connectivity index (χ1) is 11.8. The maximum Gasteiger partial charge on any atom is 0.258 e. The molecule has 3 aromatic rings. The van der Waals surface area contributed by atoms with Gasteiger partial charge in [0.1, 0.15) is 17.9 Å². The molecule has 4 rings (SSSR count). The molecule has 1 N–H and O–H groups in total. The lowest BCUT2D eigenvalue weighted by Crippen LogP contribution is -2.60. The lowest BCUT2D eigenvalue weighted by Gasteiger charge is -2.40. The van der Waals surface area contributed by atoms with Gasteiger partial charge in [-0.1, -0.05) is 18.2 Å². The van der Waals surface area contributed by atoms with Crippen LogP contribution in [0.3, 0.4) is 0 Å². The van der Waals surface area contributed by atoms with Crippen LogP contribution in [0.25, 0.3) is 10.2 Å². The number of nitrogens with one attached hydrogen (secondary N) is 1. The van der Waals surface area contributed by atoms with Crippen molar-refractivity contribution in [3.63, 3.8) is 0 Å². The van der Waals surface area contributed by atoms with Gasteiger partial charge in [-0.2, -0.15) is 0 Å². The van der Waals surface area contributed by atoms with Crippen LogP contribution in [-0.2, 0) is 4.79 Å². The number of carbonyl (C=O) groups is 1. The van der Waals surface area contributed by atoms with Crippen LogP contribution in [0.5, 0.6) is 5.75 Å². The van der Waals surface area contributed by atoms with E-state index in [9.17, 15) is 4.79 Å². The van der Waals surface area contributed by atoms with Gasteiger partial charge < -0.3 is 15.0 Å². The van der Waals surface area contributed by atoms with Crippen molar-refractivity contribution in [3.8, 4) is 5.75 Å². The predicted octanol–water partition coefficient (Wildman–Crippen LogP) is 2.08. The van der Waals surface area contributed by atoms with Crippen molar-refractivity contribution < 1.29 is 9.53 Å². The van der Waals surface area contributed by atoms with Crippen LogP contribution < -0.4 is 15.0 Å². The second kappa shape index (κ2) is 6.45. The highest BCUT2D eigenvalue weighted by atomic mass is 32.1. The van der Waals surface area contributed by atoms with E-state index in [2.05, 4.69) is 20.2 Å². The Balaban J connectivity index is 1.28. The van der Waals surface area contributed by atoms with Crippen LogP contribution in [0.4, 0.5) is 5.82 Å². The topological polar surface area (TPSA) is 67.3 Å². The average molecular weight is 340 g/mol. The van der Waals surface area contributed by atoms with Gasteiger partial charge in [0.25, 0.3) is 5.91 Å². The summed E-state index contributed by atoms with van der Waals surface area (Å²) in [6.07, 6.45) is 1.59. The van der Waals surface area contributed by atoms with Gasteiger partial charge in [-0.3, -0.25) is 4.79 Å². The summed E-state index contributed by atoms with van der Waals surface area (Å²) in [6.45, 7) is 1.53. The van der Waals surface area contributed by atoms with Crippen molar-refractivity contribution in [1.29, 1.82) is 0 Å². The zero-order chi connectivity index (χ0) is 16.4. The molecule has 0 unspecified atom stereocenters. The number of amides is 1. The molecule has 2 aromatic heterocycles. The number of fused-ring (bicyclic) bond motifs is 1. The van der Waals surface area contributed by atoms with E-state index in [1.807, 2.05) is 41.8 Å². The Labute approximate surface area is 143 Å². The van der Waals surface area contributed by atoms with Crippen molar-refractivity contribution in [2.24, 2.45) is 0 Å². The normalized spacial score (nSPS) is 14.4. The van der Waals surface area contributed by atoms with Gasteiger partial charge in [0.2, 0.25) is 0 Å². The minimum Gasteiger partial charge on any atom is -0.484 e. The minimum atomic E-state index is -0.104. The summed E-state index contributed by atoms with van der Waals surface area (Å²) in [7, 11) is 0. The van der Waals surface area contributed by atoms with Crippen LogP contribution in [0.1, 0.15) is 0 Å². The van der Waals surface area contributed by atoms with Gasteiger partial charge in [-0.25, -0.2) is 9.97 Å². The fourth-order valence-electron chi connectivity index (χ4n) is 2.68. The van der Waals surface area contributed by atoms with Gasteiger partial charge >= 0.3 is 0 Å². The molecule has 0 atom stereocenters. The first kappa shape index (κ1) is 14.9. The van der Waals surface area contributed by atoms with Crippen LogP contribution in [-0.4, -0.2) is 41.6 Å².